The Bertz CT molecular complexity index is 678. The first-order valence-corrected chi connectivity index (χ1v) is 8.56. The quantitative estimate of drug-likeness (QED) is 0.759. The first kappa shape index (κ1) is 17.5. The van der Waals surface area contributed by atoms with Crippen LogP contribution in [0.25, 0.3) is 11.3 Å². The van der Waals surface area contributed by atoms with Gasteiger partial charge in [-0.15, -0.1) is 0 Å². The van der Waals surface area contributed by atoms with Gasteiger partial charge in [0.15, 0.2) is 0 Å². The molecule has 0 saturated carbocycles. The minimum Gasteiger partial charge on any atom is -0.478 e. The second-order valence-corrected chi connectivity index (χ2v) is 6.43. The Balaban J connectivity index is 2.47. The van der Waals surface area contributed by atoms with Crippen LogP contribution in [0.1, 0.15) is 50.2 Å². The van der Waals surface area contributed by atoms with Crippen molar-refractivity contribution in [2.75, 3.05) is 6.61 Å². The van der Waals surface area contributed by atoms with Gasteiger partial charge in [0, 0.05) is 17.3 Å². The monoisotopic (exact) mass is 312 g/mol. The molecule has 0 aliphatic rings. The summed E-state index contributed by atoms with van der Waals surface area (Å²) >= 11 is 0. The Hall–Kier alpha value is -1.90. The molecule has 2 aromatic rings. The van der Waals surface area contributed by atoms with Gasteiger partial charge in [0.2, 0.25) is 5.88 Å². The molecule has 3 heteroatoms. The average molecular weight is 312 g/mol. The van der Waals surface area contributed by atoms with Crippen molar-refractivity contribution in [2.45, 2.75) is 54.4 Å². The number of hydrogen-bond donors (Lipinski definition) is 0. The highest BCUT2D eigenvalue weighted by Gasteiger charge is 2.14. The second kappa shape index (κ2) is 7.58. The van der Waals surface area contributed by atoms with Crippen LogP contribution in [0.15, 0.2) is 18.2 Å². The Morgan fingerprint density at radius 3 is 2.43 bits per heavy atom. The summed E-state index contributed by atoms with van der Waals surface area (Å²) in [6.07, 6.45) is 1.94. The molecule has 0 N–H and O–H groups in total. The lowest BCUT2D eigenvalue weighted by atomic mass is 9.97. The normalized spacial score (nSPS) is 11.1. The first-order chi connectivity index (χ1) is 11.0. The maximum Gasteiger partial charge on any atom is 0.213 e. The molecule has 0 unspecified atom stereocenters. The zero-order valence-corrected chi connectivity index (χ0v) is 15.2. The third-order valence-corrected chi connectivity index (χ3v) is 3.97. The van der Waals surface area contributed by atoms with Crippen molar-refractivity contribution in [3.05, 3.63) is 40.7 Å². The summed E-state index contributed by atoms with van der Waals surface area (Å²) in [5.41, 5.74) is 6.89. The summed E-state index contributed by atoms with van der Waals surface area (Å²) in [5.74, 6) is 1.33. The molecule has 0 aliphatic carbocycles. The predicted octanol–water partition coefficient (Wildman–Crippen LogP) is 4.92. The third kappa shape index (κ3) is 4.10. The van der Waals surface area contributed by atoms with Gasteiger partial charge in [0.05, 0.1) is 18.0 Å². The van der Waals surface area contributed by atoms with E-state index in [1.807, 2.05) is 13.0 Å². The molecule has 3 nitrogen and oxygen atoms in total. The fraction of sp³-hybridized carbons (Fsp3) is 0.500. The molecule has 0 fully saturated rings. The number of rotatable bonds is 6. The standard InChI is InChI=1S/C20H28N2O/c1-7-18-17(9-10-19(22-18)23-8-2)20-14(5)12-16(11-13(3)4)15(6)21-20/h9-10,12-13H,7-8,11H2,1-6H3. The van der Waals surface area contributed by atoms with Gasteiger partial charge in [-0.2, -0.15) is 0 Å². The highest BCUT2D eigenvalue weighted by Crippen LogP contribution is 2.28. The van der Waals surface area contributed by atoms with E-state index < -0.39 is 0 Å². The molecule has 0 amide bonds. The Morgan fingerprint density at radius 1 is 1.09 bits per heavy atom. The van der Waals surface area contributed by atoms with E-state index in [9.17, 15) is 0 Å². The van der Waals surface area contributed by atoms with Gasteiger partial charge in [-0.25, -0.2) is 4.98 Å². The zero-order valence-electron chi connectivity index (χ0n) is 15.2. The molecule has 2 aromatic heterocycles. The molecule has 0 spiro atoms. The van der Waals surface area contributed by atoms with Gasteiger partial charge in [0.25, 0.3) is 0 Å². The van der Waals surface area contributed by atoms with Crippen molar-refractivity contribution in [3.8, 4) is 17.1 Å². The van der Waals surface area contributed by atoms with Gasteiger partial charge in [-0.1, -0.05) is 26.8 Å². The predicted molar refractivity (Wildman–Crippen MR) is 96.0 cm³/mol. The lowest BCUT2D eigenvalue weighted by molar-refractivity contribution is 0.326. The van der Waals surface area contributed by atoms with Crippen LogP contribution in [0, 0.1) is 19.8 Å². The van der Waals surface area contributed by atoms with E-state index in [0.29, 0.717) is 18.4 Å². The summed E-state index contributed by atoms with van der Waals surface area (Å²) in [6, 6.07) is 6.32. The van der Waals surface area contributed by atoms with Crippen LogP contribution in [-0.2, 0) is 12.8 Å². The van der Waals surface area contributed by atoms with Crippen molar-refractivity contribution >= 4 is 0 Å². The first-order valence-electron chi connectivity index (χ1n) is 8.56. The number of aromatic nitrogens is 2. The molecule has 0 aliphatic heterocycles. The molecule has 2 heterocycles. The fourth-order valence-electron chi connectivity index (χ4n) is 2.88. The Labute approximate surface area is 140 Å². The fourth-order valence-corrected chi connectivity index (χ4v) is 2.88. The molecule has 2 rings (SSSR count). The molecule has 0 aromatic carbocycles. The van der Waals surface area contributed by atoms with E-state index in [1.54, 1.807) is 0 Å². The maximum absolute atomic E-state index is 5.52. The number of ether oxygens (including phenoxy) is 1. The van der Waals surface area contributed by atoms with E-state index in [4.69, 9.17) is 9.72 Å². The van der Waals surface area contributed by atoms with Gasteiger partial charge >= 0.3 is 0 Å². The van der Waals surface area contributed by atoms with Crippen molar-refractivity contribution in [2.24, 2.45) is 5.92 Å². The van der Waals surface area contributed by atoms with E-state index >= 15 is 0 Å². The second-order valence-electron chi connectivity index (χ2n) is 6.43. The van der Waals surface area contributed by atoms with Gasteiger partial charge < -0.3 is 4.74 Å². The van der Waals surface area contributed by atoms with Crippen molar-refractivity contribution in [1.29, 1.82) is 0 Å². The summed E-state index contributed by atoms with van der Waals surface area (Å²) in [4.78, 5) is 9.54. The van der Waals surface area contributed by atoms with E-state index in [1.165, 1.54) is 11.1 Å². The van der Waals surface area contributed by atoms with E-state index in [0.717, 1.165) is 35.5 Å². The van der Waals surface area contributed by atoms with Crippen LogP contribution in [0.3, 0.4) is 0 Å². The molecular formula is C20H28N2O. The SMILES string of the molecule is CCOc1ccc(-c2nc(C)c(CC(C)C)cc2C)c(CC)n1. The van der Waals surface area contributed by atoms with Crippen LogP contribution >= 0.6 is 0 Å². The molecule has 0 atom stereocenters. The summed E-state index contributed by atoms with van der Waals surface area (Å²) < 4.78 is 5.52. The summed E-state index contributed by atoms with van der Waals surface area (Å²) in [7, 11) is 0. The van der Waals surface area contributed by atoms with Gasteiger partial charge in [0.1, 0.15) is 0 Å². The van der Waals surface area contributed by atoms with Crippen LogP contribution in [-0.4, -0.2) is 16.6 Å². The number of aryl methyl sites for hydroxylation is 3. The minimum absolute atomic E-state index is 0.635. The number of pyridine rings is 2. The summed E-state index contributed by atoms with van der Waals surface area (Å²) in [6.45, 7) is 13.5. The molecular weight excluding hydrogens is 284 g/mol. The molecule has 0 bridgehead atoms. The lowest BCUT2D eigenvalue weighted by Crippen LogP contribution is -2.04. The molecule has 0 radical (unpaired) electrons. The minimum atomic E-state index is 0.635. The van der Waals surface area contributed by atoms with E-state index in [2.05, 4.69) is 51.7 Å². The third-order valence-electron chi connectivity index (χ3n) is 3.97. The smallest absolute Gasteiger partial charge is 0.213 e. The largest absolute Gasteiger partial charge is 0.478 e. The molecule has 0 saturated heterocycles. The van der Waals surface area contributed by atoms with Crippen LogP contribution < -0.4 is 4.74 Å². The van der Waals surface area contributed by atoms with Crippen LogP contribution in [0.4, 0.5) is 0 Å². The average Bonchev–Trinajstić information content (AvgIpc) is 2.50. The lowest BCUT2D eigenvalue weighted by Gasteiger charge is -2.15. The number of hydrogen-bond acceptors (Lipinski definition) is 3. The highest BCUT2D eigenvalue weighted by molar-refractivity contribution is 5.66. The molecule has 124 valence electrons. The number of nitrogens with zero attached hydrogens (tertiary/aromatic N) is 2. The van der Waals surface area contributed by atoms with Crippen LogP contribution in [0.5, 0.6) is 5.88 Å². The molecule has 23 heavy (non-hydrogen) atoms. The van der Waals surface area contributed by atoms with Gasteiger partial charge in [-0.3, -0.25) is 4.98 Å². The van der Waals surface area contributed by atoms with E-state index in [-0.39, 0.29) is 0 Å². The van der Waals surface area contributed by atoms with Crippen molar-refractivity contribution < 1.29 is 4.74 Å². The van der Waals surface area contributed by atoms with Crippen molar-refractivity contribution in [3.63, 3.8) is 0 Å². The van der Waals surface area contributed by atoms with Crippen LogP contribution in [0.2, 0.25) is 0 Å². The summed E-state index contributed by atoms with van der Waals surface area (Å²) in [5, 5.41) is 0. The Kier molecular flexibility index (Phi) is 5.75. The van der Waals surface area contributed by atoms with Crippen molar-refractivity contribution in [1.82, 2.24) is 9.97 Å². The Morgan fingerprint density at radius 2 is 1.83 bits per heavy atom. The topological polar surface area (TPSA) is 35.0 Å². The maximum atomic E-state index is 5.52. The zero-order chi connectivity index (χ0) is 17.0. The van der Waals surface area contributed by atoms with Gasteiger partial charge in [-0.05, 0) is 56.7 Å². The highest BCUT2D eigenvalue weighted by atomic mass is 16.5.